The lowest BCUT2D eigenvalue weighted by molar-refractivity contribution is -0.929. The van der Waals surface area contributed by atoms with Crippen LogP contribution in [0.15, 0.2) is 0 Å². The minimum Gasteiger partial charge on any atom is -0.870 e. The van der Waals surface area contributed by atoms with E-state index in [9.17, 15) is 0 Å². The van der Waals surface area contributed by atoms with Crippen LogP contribution in [0, 0.1) is 0 Å². The molecule has 0 saturated heterocycles. The Bertz CT molecular complexity index is 427. The molecular weight excluding hydrogens is 558 g/mol. The van der Waals surface area contributed by atoms with Gasteiger partial charge in [0.2, 0.25) is 0 Å². The maximum Gasteiger partial charge on any atom is 0.0786 e. The van der Waals surface area contributed by atoms with Crippen molar-refractivity contribution in [3.05, 3.63) is 0 Å². The number of quaternary nitrogens is 1. The van der Waals surface area contributed by atoms with Crippen molar-refractivity contribution in [1.82, 2.24) is 0 Å². The average Bonchev–Trinajstić information content (AvgIpc) is 3.05. The van der Waals surface area contributed by atoms with Crippen molar-refractivity contribution < 1.29 is 9.96 Å². The zero-order chi connectivity index (χ0) is 32.8. The lowest BCUT2D eigenvalue weighted by atomic mass is 10.0. The first-order valence-electron chi connectivity index (χ1n) is 22.1. The number of rotatable bonds is 40. The Morgan fingerprint density at radius 1 is 0.196 bits per heavy atom. The third-order valence-electron chi connectivity index (χ3n) is 10.9. The van der Waals surface area contributed by atoms with Gasteiger partial charge in [-0.2, -0.15) is 0 Å². The summed E-state index contributed by atoms with van der Waals surface area (Å²) in [5, 5.41) is 0. The molecule has 1 N–H and O–H groups in total. The van der Waals surface area contributed by atoms with Crippen LogP contribution in [0.25, 0.3) is 0 Å². The number of hydrogen-bond acceptors (Lipinski definition) is 1. The molecule has 0 radical (unpaired) electrons. The molecule has 0 aromatic carbocycles. The van der Waals surface area contributed by atoms with Gasteiger partial charge in [-0.1, -0.05) is 207 Å². The van der Waals surface area contributed by atoms with Crippen LogP contribution < -0.4 is 0 Å². The first-order valence-corrected chi connectivity index (χ1v) is 22.1. The van der Waals surface area contributed by atoms with E-state index < -0.39 is 0 Å². The van der Waals surface area contributed by atoms with Gasteiger partial charge in [-0.15, -0.1) is 0 Å². The van der Waals surface area contributed by atoms with Crippen LogP contribution in [0.2, 0.25) is 0 Å². The second-order valence-corrected chi connectivity index (χ2v) is 15.5. The molecule has 0 rings (SSSR count). The summed E-state index contributed by atoms with van der Waals surface area (Å²) in [6.45, 7) is 15.3. The first-order chi connectivity index (χ1) is 22.2. The quantitative estimate of drug-likeness (QED) is 0.0479. The molecule has 46 heavy (non-hydrogen) atoms. The molecule has 2 heteroatoms. The third kappa shape index (κ3) is 35.2. The molecule has 280 valence electrons. The van der Waals surface area contributed by atoms with Gasteiger partial charge in [-0.3, -0.25) is 0 Å². The van der Waals surface area contributed by atoms with E-state index in [0.29, 0.717) is 0 Å². The van der Waals surface area contributed by atoms with Gasteiger partial charge < -0.3 is 9.96 Å². The smallest absolute Gasteiger partial charge is 0.0786 e. The van der Waals surface area contributed by atoms with E-state index in [-0.39, 0.29) is 5.48 Å². The Labute approximate surface area is 294 Å². The van der Waals surface area contributed by atoms with Crippen molar-refractivity contribution in [2.75, 3.05) is 26.2 Å². The molecule has 0 aliphatic carbocycles. The summed E-state index contributed by atoms with van der Waals surface area (Å²) in [4.78, 5) is 0. The van der Waals surface area contributed by atoms with Crippen molar-refractivity contribution in [3.63, 3.8) is 0 Å². The van der Waals surface area contributed by atoms with Crippen LogP contribution in [0.3, 0.4) is 0 Å². The molecule has 0 fully saturated rings. The van der Waals surface area contributed by atoms with Gasteiger partial charge in [0, 0.05) is 0 Å². The summed E-state index contributed by atoms with van der Waals surface area (Å²) >= 11 is 0. The minimum atomic E-state index is 0. The molecule has 0 aliphatic heterocycles. The van der Waals surface area contributed by atoms with Gasteiger partial charge in [-0.05, 0) is 51.4 Å². The molecule has 0 saturated carbocycles. The lowest BCUT2D eigenvalue weighted by Crippen LogP contribution is -2.50. The summed E-state index contributed by atoms with van der Waals surface area (Å²) in [5.74, 6) is 0. The normalized spacial score (nSPS) is 11.7. The van der Waals surface area contributed by atoms with E-state index in [4.69, 9.17) is 0 Å². The molecule has 2 nitrogen and oxygen atoms in total. The van der Waals surface area contributed by atoms with Crippen molar-refractivity contribution in [3.8, 4) is 0 Å². The van der Waals surface area contributed by atoms with E-state index in [2.05, 4.69) is 27.7 Å². The Hall–Kier alpha value is -0.0800. The molecule has 0 unspecified atom stereocenters. The second-order valence-electron chi connectivity index (χ2n) is 15.5. The van der Waals surface area contributed by atoms with Gasteiger partial charge in [0.1, 0.15) is 0 Å². The molecule has 0 aliphatic rings. The fraction of sp³-hybridized carbons (Fsp3) is 1.00. The minimum absolute atomic E-state index is 0. The largest absolute Gasteiger partial charge is 0.870 e. The standard InChI is InChI=1S/C44H92N.H2O/c1-5-9-13-17-21-25-29-33-37-41-45(42-38-34-30-26-22-18-14-10-6-2,43-39-35-31-27-23-19-15-11-7-3)44-40-36-32-28-24-20-16-12-8-4;/h5-44H2,1-4H3;1H2/q+1;/p-1. The van der Waals surface area contributed by atoms with Crippen LogP contribution in [0.1, 0.15) is 259 Å². The zero-order valence-electron chi connectivity index (χ0n) is 33.2. The topological polar surface area (TPSA) is 30.0 Å². The van der Waals surface area contributed by atoms with Gasteiger partial charge in [0.25, 0.3) is 0 Å². The van der Waals surface area contributed by atoms with Gasteiger partial charge in [-0.25, -0.2) is 0 Å². The van der Waals surface area contributed by atoms with Crippen LogP contribution in [0.5, 0.6) is 0 Å². The highest BCUT2D eigenvalue weighted by atomic mass is 16.0. The fourth-order valence-corrected chi connectivity index (χ4v) is 7.70. The molecule has 0 amide bonds. The number of nitrogens with zero attached hydrogens (tertiary/aromatic N) is 1. The lowest BCUT2D eigenvalue weighted by Gasteiger charge is -2.40. The molecule has 0 bridgehead atoms. The van der Waals surface area contributed by atoms with Crippen molar-refractivity contribution >= 4 is 0 Å². The molecule has 0 atom stereocenters. The van der Waals surface area contributed by atoms with Gasteiger partial charge in [0.05, 0.1) is 26.2 Å². The molecule has 0 spiro atoms. The first kappa shape index (κ1) is 48.0. The Balaban J connectivity index is 0. The fourth-order valence-electron chi connectivity index (χ4n) is 7.70. The molecule has 0 aromatic heterocycles. The Morgan fingerprint density at radius 3 is 0.478 bits per heavy atom. The van der Waals surface area contributed by atoms with E-state index >= 15 is 0 Å². The summed E-state index contributed by atoms with van der Waals surface area (Å²) in [7, 11) is 0. The highest BCUT2D eigenvalue weighted by Crippen LogP contribution is 2.21. The molecule has 0 heterocycles. The average molecular weight is 652 g/mol. The Kier molecular flexibility index (Phi) is 42.9. The Morgan fingerprint density at radius 2 is 0.326 bits per heavy atom. The van der Waals surface area contributed by atoms with Crippen LogP contribution in [-0.2, 0) is 0 Å². The highest BCUT2D eigenvalue weighted by Gasteiger charge is 2.25. The van der Waals surface area contributed by atoms with Crippen LogP contribution in [-0.4, -0.2) is 36.1 Å². The summed E-state index contributed by atoms with van der Waals surface area (Å²) in [6.07, 6.45) is 52.7. The predicted molar refractivity (Wildman–Crippen MR) is 211 cm³/mol. The SMILES string of the molecule is CCCCCCCCCCC[N+](CCCCCCCCCCC)(CCCCCCCCCCC)CCCCCCCCCCC.[OH-]. The van der Waals surface area contributed by atoms with Crippen molar-refractivity contribution in [2.24, 2.45) is 0 Å². The van der Waals surface area contributed by atoms with E-state index in [1.54, 1.807) is 0 Å². The van der Waals surface area contributed by atoms with Crippen LogP contribution in [0.4, 0.5) is 0 Å². The zero-order valence-corrected chi connectivity index (χ0v) is 33.2. The maximum absolute atomic E-state index is 2.34. The third-order valence-corrected chi connectivity index (χ3v) is 10.9. The molecular formula is C44H93NO. The van der Waals surface area contributed by atoms with Crippen LogP contribution >= 0.6 is 0 Å². The predicted octanol–water partition coefficient (Wildman–Crippen LogP) is 15.7. The van der Waals surface area contributed by atoms with E-state index in [1.807, 2.05) is 0 Å². The number of unbranched alkanes of at least 4 members (excludes halogenated alkanes) is 32. The van der Waals surface area contributed by atoms with E-state index in [0.717, 1.165) is 0 Å². The van der Waals surface area contributed by atoms with Crippen molar-refractivity contribution in [1.29, 1.82) is 0 Å². The second kappa shape index (κ2) is 41.1. The summed E-state index contributed by atoms with van der Waals surface area (Å²) in [6, 6.07) is 0. The van der Waals surface area contributed by atoms with Gasteiger partial charge in [0.15, 0.2) is 0 Å². The summed E-state index contributed by atoms with van der Waals surface area (Å²) < 4.78 is 1.49. The molecule has 0 aromatic rings. The highest BCUT2D eigenvalue weighted by molar-refractivity contribution is 4.56. The maximum atomic E-state index is 2.34. The van der Waals surface area contributed by atoms with Gasteiger partial charge >= 0.3 is 0 Å². The monoisotopic (exact) mass is 652 g/mol. The van der Waals surface area contributed by atoms with E-state index in [1.165, 1.54) is 262 Å². The summed E-state index contributed by atoms with van der Waals surface area (Å²) in [5.41, 5.74) is 0. The van der Waals surface area contributed by atoms with Crippen molar-refractivity contribution in [2.45, 2.75) is 259 Å². The number of hydrogen-bond donors (Lipinski definition) is 0.